The van der Waals surface area contributed by atoms with Crippen LogP contribution >= 0.6 is 0 Å². The summed E-state index contributed by atoms with van der Waals surface area (Å²) in [4.78, 5) is 15.8. The van der Waals surface area contributed by atoms with Gasteiger partial charge in [-0.25, -0.2) is 15.0 Å². The number of nitrogens with zero attached hydrogens (tertiary/aromatic N) is 5. The van der Waals surface area contributed by atoms with E-state index in [0.29, 0.717) is 17.5 Å². The van der Waals surface area contributed by atoms with E-state index in [1.165, 1.54) is 54.8 Å². The summed E-state index contributed by atoms with van der Waals surface area (Å²) < 4.78 is 4.80. The van der Waals surface area contributed by atoms with Crippen LogP contribution in [-0.2, 0) is 5.41 Å². The summed E-state index contributed by atoms with van der Waals surface area (Å²) in [6, 6.07) is 76.1. The van der Waals surface area contributed by atoms with E-state index >= 15 is 0 Å². The number of hydrogen-bond donors (Lipinski definition) is 0. The summed E-state index contributed by atoms with van der Waals surface area (Å²) in [6.07, 6.45) is 0. The maximum Gasteiger partial charge on any atom is 0.164 e. The van der Waals surface area contributed by atoms with Crippen LogP contribution in [0.5, 0.6) is 0 Å². The van der Waals surface area contributed by atoms with E-state index in [-0.39, 0.29) is 5.41 Å². The smallest absolute Gasteiger partial charge is 0.164 e. The van der Waals surface area contributed by atoms with Crippen molar-refractivity contribution < 1.29 is 0 Å². The van der Waals surface area contributed by atoms with Crippen LogP contribution in [-0.4, -0.2) is 24.1 Å². The molecule has 0 bridgehead atoms. The van der Waals surface area contributed by atoms with Crippen molar-refractivity contribution in [3.05, 3.63) is 223 Å². The van der Waals surface area contributed by atoms with Crippen LogP contribution in [0.1, 0.15) is 25.0 Å². The van der Waals surface area contributed by atoms with Crippen LogP contribution in [0, 0.1) is 0 Å². The predicted octanol–water partition coefficient (Wildman–Crippen LogP) is 15.0. The minimum Gasteiger partial charge on any atom is -0.309 e. The van der Waals surface area contributed by atoms with E-state index < -0.39 is 0 Å². The molecule has 5 nitrogen and oxygen atoms in total. The van der Waals surface area contributed by atoms with Crippen molar-refractivity contribution in [2.24, 2.45) is 0 Å². The van der Waals surface area contributed by atoms with E-state index in [0.717, 1.165) is 50.2 Å². The number of hydrogen-bond acceptors (Lipinski definition) is 3. The van der Waals surface area contributed by atoms with Gasteiger partial charge in [-0.2, -0.15) is 0 Å². The normalized spacial score (nSPS) is 12.9. The summed E-state index contributed by atoms with van der Waals surface area (Å²) in [5, 5.41) is 4.87. The highest BCUT2D eigenvalue weighted by atomic mass is 15.0. The second kappa shape index (κ2) is 14.3. The molecule has 3 aromatic heterocycles. The zero-order valence-electron chi connectivity index (χ0n) is 35.9. The lowest BCUT2D eigenvalue weighted by atomic mass is 9.82. The Labute approximate surface area is 376 Å². The SMILES string of the molecule is CC1(C)c2ccccc2-c2ccc(-c3nc(-c4ccccc4)nc(-c4cc(-c5ccccc5)cc(-n5c6ccccc6c6cc(-n7c8ccccc8c8ccccc87)ccc65)c4)n3)cc21. The van der Waals surface area contributed by atoms with Gasteiger partial charge in [-0.15, -0.1) is 0 Å². The predicted molar refractivity (Wildman–Crippen MR) is 268 cm³/mol. The van der Waals surface area contributed by atoms with E-state index in [2.05, 4.69) is 217 Å². The second-order valence-electron chi connectivity index (χ2n) is 17.7. The van der Waals surface area contributed by atoms with E-state index in [1.807, 2.05) is 18.2 Å². The molecule has 0 unspecified atom stereocenters. The first-order valence-corrected chi connectivity index (χ1v) is 22.3. The summed E-state index contributed by atoms with van der Waals surface area (Å²) in [7, 11) is 0. The van der Waals surface area contributed by atoms with Crippen molar-refractivity contribution in [2.45, 2.75) is 19.3 Å². The van der Waals surface area contributed by atoms with Gasteiger partial charge in [-0.1, -0.05) is 166 Å². The van der Waals surface area contributed by atoms with Crippen molar-refractivity contribution in [3.8, 4) is 67.8 Å². The maximum atomic E-state index is 5.36. The van der Waals surface area contributed by atoms with Crippen LogP contribution in [0.3, 0.4) is 0 Å². The molecule has 12 aromatic rings. The fraction of sp³-hybridized carbons (Fsp3) is 0.0500. The van der Waals surface area contributed by atoms with Gasteiger partial charge in [0.2, 0.25) is 0 Å². The number of aromatic nitrogens is 5. The molecule has 0 aliphatic heterocycles. The Morgan fingerprint density at radius 3 is 1.48 bits per heavy atom. The van der Waals surface area contributed by atoms with Gasteiger partial charge in [-0.3, -0.25) is 0 Å². The van der Waals surface area contributed by atoms with Crippen LogP contribution in [0.4, 0.5) is 0 Å². The summed E-state index contributed by atoms with van der Waals surface area (Å²) in [5.41, 5.74) is 16.8. The second-order valence-corrected chi connectivity index (χ2v) is 17.7. The largest absolute Gasteiger partial charge is 0.309 e. The first kappa shape index (κ1) is 37.2. The molecule has 1 aliphatic rings. The molecule has 0 saturated heterocycles. The Hall–Kier alpha value is -8.41. The molecule has 0 atom stereocenters. The lowest BCUT2D eigenvalue weighted by Gasteiger charge is -2.21. The molecule has 3 heterocycles. The quantitative estimate of drug-likeness (QED) is 0.168. The third-order valence-electron chi connectivity index (χ3n) is 13.5. The topological polar surface area (TPSA) is 48.5 Å². The number of rotatable bonds is 6. The molecule has 5 heteroatoms. The summed E-state index contributed by atoms with van der Waals surface area (Å²) in [6.45, 7) is 4.62. The molecule has 0 radical (unpaired) electrons. The number of fused-ring (bicyclic) bond motifs is 9. The van der Waals surface area contributed by atoms with Crippen molar-refractivity contribution in [2.75, 3.05) is 0 Å². The van der Waals surface area contributed by atoms with Gasteiger partial charge in [0.15, 0.2) is 17.5 Å². The van der Waals surface area contributed by atoms with Crippen molar-refractivity contribution >= 4 is 43.6 Å². The Morgan fingerprint density at radius 2 is 0.800 bits per heavy atom. The van der Waals surface area contributed by atoms with E-state index in [4.69, 9.17) is 15.0 Å². The zero-order valence-corrected chi connectivity index (χ0v) is 35.9. The highest BCUT2D eigenvalue weighted by molar-refractivity contribution is 6.12. The lowest BCUT2D eigenvalue weighted by Crippen LogP contribution is -2.15. The fourth-order valence-electron chi connectivity index (χ4n) is 10.4. The maximum absolute atomic E-state index is 5.36. The molecular weight excluding hydrogens is 791 g/mol. The van der Waals surface area contributed by atoms with Crippen LogP contribution in [0.25, 0.3) is 111 Å². The molecule has 1 aliphatic carbocycles. The first-order valence-electron chi connectivity index (χ1n) is 22.3. The third-order valence-corrected chi connectivity index (χ3v) is 13.5. The third kappa shape index (κ3) is 5.82. The monoisotopic (exact) mass is 831 g/mol. The van der Waals surface area contributed by atoms with Crippen molar-refractivity contribution in [1.82, 2.24) is 24.1 Å². The van der Waals surface area contributed by atoms with Crippen LogP contribution in [0.2, 0.25) is 0 Å². The summed E-state index contributed by atoms with van der Waals surface area (Å²) >= 11 is 0. The Bertz CT molecular complexity index is 3800. The van der Waals surface area contributed by atoms with Crippen molar-refractivity contribution in [1.29, 1.82) is 0 Å². The lowest BCUT2D eigenvalue weighted by molar-refractivity contribution is 0.660. The molecule has 0 spiro atoms. The first-order chi connectivity index (χ1) is 32.0. The van der Waals surface area contributed by atoms with E-state index in [1.54, 1.807) is 0 Å². The standard InChI is InChI=1S/C60H41N5/c1-60(2)51-25-13-9-21-45(51)46-31-29-40(36-52(46)60)58-61-57(39-19-7-4-8-20-39)62-59(63-58)42-33-41(38-17-5-3-6-18-38)34-44(35-42)65-55-28-16-12-24-49(55)50-37-43(30-32-56(50)65)64-53-26-14-10-22-47(53)48-23-11-15-27-54(48)64/h3-37H,1-2H3. The van der Waals surface area contributed by atoms with E-state index in [9.17, 15) is 0 Å². The molecule has 0 saturated carbocycles. The molecule has 306 valence electrons. The fourth-order valence-corrected chi connectivity index (χ4v) is 10.4. The zero-order chi connectivity index (χ0) is 43.2. The van der Waals surface area contributed by atoms with Gasteiger partial charge in [0.25, 0.3) is 0 Å². The van der Waals surface area contributed by atoms with Gasteiger partial charge in [0.1, 0.15) is 0 Å². The Balaban J connectivity index is 1.03. The van der Waals surface area contributed by atoms with Gasteiger partial charge in [-0.05, 0) is 94.0 Å². The average Bonchev–Trinajstić information content (AvgIpc) is 3.97. The molecule has 9 aromatic carbocycles. The highest BCUT2D eigenvalue weighted by Crippen LogP contribution is 2.49. The molecule has 13 rings (SSSR count). The van der Waals surface area contributed by atoms with Crippen LogP contribution < -0.4 is 0 Å². The molecule has 65 heavy (non-hydrogen) atoms. The van der Waals surface area contributed by atoms with Crippen LogP contribution in [0.15, 0.2) is 212 Å². The van der Waals surface area contributed by atoms with Gasteiger partial charge >= 0.3 is 0 Å². The summed E-state index contributed by atoms with van der Waals surface area (Å²) in [5.74, 6) is 1.89. The number of para-hydroxylation sites is 3. The average molecular weight is 832 g/mol. The van der Waals surface area contributed by atoms with Gasteiger partial charge in [0.05, 0.1) is 22.1 Å². The van der Waals surface area contributed by atoms with Gasteiger partial charge in [0, 0.05) is 55.0 Å². The molecule has 0 fully saturated rings. The molecule has 0 amide bonds. The Morgan fingerprint density at radius 1 is 0.308 bits per heavy atom. The minimum atomic E-state index is -0.161. The molecular formula is C60H41N5. The van der Waals surface area contributed by atoms with Crippen molar-refractivity contribution in [3.63, 3.8) is 0 Å². The highest BCUT2D eigenvalue weighted by Gasteiger charge is 2.35. The van der Waals surface area contributed by atoms with Gasteiger partial charge < -0.3 is 9.13 Å². The molecule has 0 N–H and O–H groups in total. The minimum absolute atomic E-state index is 0.161. The number of benzene rings is 9. The Kier molecular flexibility index (Phi) is 8.18.